The van der Waals surface area contributed by atoms with Crippen LogP contribution in [-0.2, 0) is 24.7 Å². The molecule has 1 heterocycles. The van der Waals surface area contributed by atoms with Crippen LogP contribution in [0.15, 0.2) is 23.4 Å². The zero-order chi connectivity index (χ0) is 16.8. The van der Waals surface area contributed by atoms with Gasteiger partial charge in [0.2, 0.25) is 5.91 Å². The van der Waals surface area contributed by atoms with Crippen LogP contribution >= 0.6 is 23.4 Å². The lowest BCUT2D eigenvalue weighted by molar-refractivity contribution is -0.120. The van der Waals surface area contributed by atoms with E-state index in [1.807, 2.05) is 18.5 Å². The number of halogens is 2. The van der Waals surface area contributed by atoms with Crippen LogP contribution in [0.4, 0.5) is 4.39 Å². The Balaban J connectivity index is 1.86. The second-order valence-corrected chi connectivity index (χ2v) is 6.51. The average Bonchev–Trinajstić information content (AvgIpc) is 2.85. The molecule has 1 amide bonds. The van der Waals surface area contributed by atoms with Gasteiger partial charge < -0.3 is 9.88 Å². The predicted octanol–water partition coefficient (Wildman–Crippen LogP) is 2.62. The highest BCUT2D eigenvalue weighted by atomic mass is 35.5. The van der Waals surface area contributed by atoms with Crippen LogP contribution < -0.4 is 5.32 Å². The van der Waals surface area contributed by atoms with Gasteiger partial charge in [-0.15, -0.1) is 10.2 Å². The molecule has 2 aromatic rings. The molecule has 0 radical (unpaired) electrons. The molecule has 2 rings (SSSR count). The van der Waals surface area contributed by atoms with Crippen LogP contribution in [0.3, 0.4) is 0 Å². The Bertz CT molecular complexity index is 672. The molecule has 0 aliphatic heterocycles. The van der Waals surface area contributed by atoms with E-state index < -0.39 is 5.82 Å². The van der Waals surface area contributed by atoms with Crippen LogP contribution in [0.1, 0.15) is 18.3 Å². The standard InChI is InChI=1S/C15H18ClFN4OS/c1-3-23-15-20-19-13(21(15)2)7-8-18-14(22)9-10-11(16)5-4-6-12(10)17/h4-6H,3,7-9H2,1-2H3,(H,18,22). The van der Waals surface area contributed by atoms with Gasteiger partial charge >= 0.3 is 0 Å². The van der Waals surface area contributed by atoms with Crippen LogP contribution in [-0.4, -0.2) is 33.0 Å². The molecule has 8 heteroatoms. The van der Waals surface area contributed by atoms with Crippen molar-refractivity contribution in [3.8, 4) is 0 Å². The molecule has 0 aliphatic rings. The topological polar surface area (TPSA) is 59.8 Å². The molecule has 0 saturated heterocycles. The fourth-order valence-corrected chi connectivity index (χ4v) is 2.94. The summed E-state index contributed by atoms with van der Waals surface area (Å²) in [6, 6.07) is 4.37. The van der Waals surface area contributed by atoms with E-state index in [1.165, 1.54) is 12.1 Å². The summed E-state index contributed by atoms with van der Waals surface area (Å²) in [5.41, 5.74) is 0.215. The number of carbonyl (C=O) groups excluding carboxylic acids is 1. The Morgan fingerprint density at radius 1 is 1.43 bits per heavy atom. The first-order valence-electron chi connectivity index (χ1n) is 7.23. The smallest absolute Gasteiger partial charge is 0.224 e. The Morgan fingerprint density at radius 2 is 2.22 bits per heavy atom. The minimum Gasteiger partial charge on any atom is -0.355 e. The maximum atomic E-state index is 13.6. The van der Waals surface area contributed by atoms with Gasteiger partial charge in [0.25, 0.3) is 0 Å². The van der Waals surface area contributed by atoms with Gasteiger partial charge in [-0.1, -0.05) is 36.4 Å². The van der Waals surface area contributed by atoms with Crippen molar-refractivity contribution in [2.24, 2.45) is 7.05 Å². The number of hydrogen-bond donors (Lipinski definition) is 1. The number of rotatable bonds is 7. The van der Waals surface area contributed by atoms with E-state index in [2.05, 4.69) is 15.5 Å². The maximum Gasteiger partial charge on any atom is 0.224 e. The lowest BCUT2D eigenvalue weighted by Gasteiger charge is -2.07. The first kappa shape index (κ1) is 17.7. The average molecular weight is 357 g/mol. The molecule has 0 aliphatic carbocycles. The second kappa shape index (κ2) is 8.31. The van der Waals surface area contributed by atoms with Gasteiger partial charge in [0.15, 0.2) is 5.16 Å². The summed E-state index contributed by atoms with van der Waals surface area (Å²) in [4.78, 5) is 11.9. The van der Waals surface area contributed by atoms with Crippen LogP contribution in [0.2, 0.25) is 5.02 Å². The van der Waals surface area contributed by atoms with E-state index in [1.54, 1.807) is 17.8 Å². The summed E-state index contributed by atoms with van der Waals surface area (Å²) in [6.07, 6.45) is 0.478. The highest BCUT2D eigenvalue weighted by Crippen LogP contribution is 2.19. The summed E-state index contributed by atoms with van der Waals surface area (Å²) in [5.74, 6) is 0.973. The minimum atomic E-state index is -0.470. The zero-order valence-electron chi connectivity index (χ0n) is 13.0. The quantitative estimate of drug-likeness (QED) is 0.775. The van der Waals surface area contributed by atoms with E-state index in [0.29, 0.717) is 13.0 Å². The zero-order valence-corrected chi connectivity index (χ0v) is 14.5. The van der Waals surface area contributed by atoms with Crippen molar-refractivity contribution >= 4 is 29.3 Å². The van der Waals surface area contributed by atoms with Crippen molar-refractivity contribution in [1.82, 2.24) is 20.1 Å². The third-order valence-electron chi connectivity index (χ3n) is 3.27. The van der Waals surface area contributed by atoms with Crippen LogP contribution in [0, 0.1) is 5.82 Å². The first-order valence-corrected chi connectivity index (χ1v) is 8.60. The molecule has 0 saturated carbocycles. The molecule has 5 nitrogen and oxygen atoms in total. The predicted molar refractivity (Wildman–Crippen MR) is 89.2 cm³/mol. The first-order chi connectivity index (χ1) is 11.0. The summed E-state index contributed by atoms with van der Waals surface area (Å²) >= 11 is 7.53. The molecule has 1 aromatic carbocycles. The molecular formula is C15H18ClFN4OS. The SMILES string of the molecule is CCSc1nnc(CCNC(=O)Cc2c(F)cccc2Cl)n1C. The van der Waals surface area contributed by atoms with Crippen LogP contribution in [0.25, 0.3) is 0 Å². The van der Waals surface area contributed by atoms with Gasteiger partial charge in [0.1, 0.15) is 11.6 Å². The van der Waals surface area contributed by atoms with E-state index in [-0.39, 0.29) is 22.9 Å². The monoisotopic (exact) mass is 356 g/mol. The molecule has 0 fully saturated rings. The molecule has 23 heavy (non-hydrogen) atoms. The second-order valence-electron chi connectivity index (χ2n) is 4.87. The van der Waals surface area contributed by atoms with Crippen molar-refractivity contribution in [3.63, 3.8) is 0 Å². The Hall–Kier alpha value is -1.60. The van der Waals surface area contributed by atoms with Gasteiger partial charge in [0.05, 0.1) is 6.42 Å². The Labute approximate surface area is 143 Å². The lowest BCUT2D eigenvalue weighted by atomic mass is 10.1. The van der Waals surface area contributed by atoms with Crippen molar-refractivity contribution in [3.05, 3.63) is 40.4 Å². The van der Waals surface area contributed by atoms with Crippen LogP contribution in [0.5, 0.6) is 0 Å². The number of nitrogens with zero attached hydrogens (tertiary/aromatic N) is 3. The normalized spacial score (nSPS) is 10.8. The fraction of sp³-hybridized carbons (Fsp3) is 0.400. The third-order valence-corrected chi connectivity index (χ3v) is 4.52. The summed E-state index contributed by atoms with van der Waals surface area (Å²) in [6.45, 7) is 2.46. The molecular weight excluding hydrogens is 339 g/mol. The van der Waals surface area contributed by atoms with Crippen molar-refractivity contribution < 1.29 is 9.18 Å². The number of nitrogens with one attached hydrogen (secondary N) is 1. The van der Waals surface area contributed by atoms with Gasteiger partial charge in [-0.25, -0.2) is 4.39 Å². The highest BCUT2D eigenvalue weighted by Gasteiger charge is 2.12. The van der Waals surface area contributed by atoms with Crippen molar-refractivity contribution in [2.45, 2.75) is 24.9 Å². The molecule has 0 spiro atoms. The minimum absolute atomic E-state index is 0.0821. The number of carbonyl (C=O) groups is 1. The van der Waals surface area contributed by atoms with Crippen molar-refractivity contribution in [2.75, 3.05) is 12.3 Å². The Morgan fingerprint density at radius 3 is 2.91 bits per heavy atom. The largest absolute Gasteiger partial charge is 0.355 e. The summed E-state index contributed by atoms with van der Waals surface area (Å²) in [5, 5.41) is 12.1. The summed E-state index contributed by atoms with van der Waals surface area (Å²) < 4.78 is 15.5. The number of aromatic nitrogens is 3. The molecule has 124 valence electrons. The number of hydrogen-bond acceptors (Lipinski definition) is 4. The lowest BCUT2D eigenvalue weighted by Crippen LogP contribution is -2.28. The summed E-state index contributed by atoms with van der Waals surface area (Å²) in [7, 11) is 1.90. The fourth-order valence-electron chi connectivity index (χ4n) is 2.06. The number of thioether (sulfide) groups is 1. The van der Waals surface area contributed by atoms with E-state index >= 15 is 0 Å². The molecule has 0 unspecified atom stereocenters. The maximum absolute atomic E-state index is 13.6. The number of benzene rings is 1. The molecule has 1 aromatic heterocycles. The van der Waals surface area contributed by atoms with Gasteiger partial charge in [-0.05, 0) is 17.9 Å². The van der Waals surface area contributed by atoms with E-state index in [9.17, 15) is 9.18 Å². The number of amides is 1. The van der Waals surface area contributed by atoms with Gasteiger partial charge in [0, 0.05) is 30.6 Å². The van der Waals surface area contributed by atoms with Crippen molar-refractivity contribution in [1.29, 1.82) is 0 Å². The van der Waals surface area contributed by atoms with E-state index in [4.69, 9.17) is 11.6 Å². The van der Waals surface area contributed by atoms with Gasteiger partial charge in [-0.3, -0.25) is 4.79 Å². The van der Waals surface area contributed by atoms with Gasteiger partial charge in [-0.2, -0.15) is 0 Å². The third kappa shape index (κ3) is 4.68. The Kier molecular flexibility index (Phi) is 6.41. The molecule has 0 atom stereocenters. The molecule has 0 bridgehead atoms. The van der Waals surface area contributed by atoms with E-state index in [0.717, 1.165) is 16.7 Å². The highest BCUT2D eigenvalue weighted by molar-refractivity contribution is 7.99. The molecule has 1 N–H and O–H groups in total.